The van der Waals surface area contributed by atoms with Crippen molar-refractivity contribution in [3.05, 3.63) is 159 Å². The van der Waals surface area contributed by atoms with E-state index in [0.717, 1.165) is 87.2 Å². The number of ether oxygens (including phenoxy) is 1. The molecule has 1 saturated carbocycles. The van der Waals surface area contributed by atoms with E-state index < -0.39 is 0 Å². The summed E-state index contributed by atoms with van der Waals surface area (Å²) in [6, 6.07) is 30.9. The van der Waals surface area contributed by atoms with Crippen molar-refractivity contribution >= 4 is 50.8 Å². The predicted molar refractivity (Wildman–Crippen MR) is 246 cm³/mol. The van der Waals surface area contributed by atoms with Crippen LogP contribution in [0, 0.1) is 53.4 Å². The minimum absolute atomic E-state index is 0.0488. The molecule has 0 aromatic heterocycles. The number of nitrogens with zero attached hydrogens (tertiary/aromatic N) is 1. The molecule has 7 rings (SSSR count). The number of esters is 1. The van der Waals surface area contributed by atoms with Gasteiger partial charge in [-0.1, -0.05) is 117 Å². The zero-order valence-corrected chi connectivity index (χ0v) is 35.8. The third-order valence-electron chi connectivity index (χ3n) is 12.0. The van der Waals surface area contributed by atoms with Crippen LogP contribution in [0.2, 0.25) is 0 Å². The standard InChI is InChI=1S/C53H59N3O2/c1-32(2)39(9)53(57)58-49-17-13-12-16-48(49)56-47-27-26-46(44-14-10-11-15-45(44)47)50(40-18-22-42(23-19-40)54-51-35(5)28-33(3)29-36(51)6)41-20-24-43(25-21-41)55-52-37(7)30-34(4)31-38(52)8/h10-11,14-15,18-32,39,48-49,54,56H,12-13,16-17H2,1-9H3. The summed E-state index contributed by atoms with van der Waals surface area (Å²) in [7, 11) is 0. The van der Waals surface area contributed by atoms with Gasteiger partial charge in [-0.3, -0.25) is 4.79 Å². The number of hydrogen-bond acceptors (Lipinski definition) is 5. The van der Waals surface area contributed by atoms with Crippen molar-refractivity contribution in [2.24, 2.45) is 16.8 Å². The Morgan fingerprint density at radius 1 is 0.707 bits per heavy atom. The number of aryl methyl sites for hydroxylation is 6. The quantitative estimate of drug-likeness (QED) is 0.139. The third-order valence-corrected chi connectivity index (χ3v) is 12.0. The molecule has 0 aliphatic heterocycles. The summed E-state index contributed by atoms with van der Waals surface area (Å²) in [4.78, 5) is 18.2. The number of hydrogen-bond donors (Lipinski definition) is 2. The van der Waals surface area contributed by atoms with Gasteiger partial charge in [0.1, 0.15) is 6.10 Å². The van der Waals surface area contributed by atoms with Gasteiger partial charge in [0.2, 0.25) is 0 Å². The fraction of sp³-hybridized carbons (Fsp3) is 0.321. The van der Waals surface area contributed by atoms with Crippen LogP contribution in [0.15, 0.2) is 120 Å². The summed E-state index contributed by atoms with van der Waals surface area (Å²) in [6.07, 6.45) is 12.5. The second-order valence-electron chi connectivity index (χ2n) is 17.0. The molecule has 5 nitrogen and oxygen atoms in total. The van der Waals surface area contributed by atoms with Crippen LogP contribution < -0.4 is 10.6 Å². The maximum Gasteiger partial charge on any atom is 0.309 e. The van der Waals surface area contributed by atoms with E-state index in [4.69, 9.17) is 9.73 Å². The van der Waals surface area contributed by atoms with Gasteiger partial charge in [0.25, 0.3) is 0 Å². The van der Waals surface area contributed by atoms with Crippen LogP contribution in [0.25, 0.3) is 16.3 Å². The highest BCUT2D eigenvalue weighted by molar-refractivity contribution is 6.10. The van der Waals surface area contributed by atoms with E-state index in [9.17, 15) is 4.79 Å². The van der Waals surface area contributed by atoms with Crippen LogP contribution in [-0.2, 0) is 9.53 Å². The Balaban J connectivity index is 1.28. The fourth-order valence-electron chi connectivity index (χ4n) is 8.67. The molecule has 2 N–H and O–H groups in total. The van der Waals surface area contributed by atoms with Gasteiger partial charge in [-0.15, -0.1) is 0 Å². The molecule has 0 amide bonds. The molecule has 0 bridgehead atoms. The van der Waals surface area contributed by atoms with Crippen molar-refractivity contribution in [2.45, 2.75) is 100 Å². The molecule has 3 atom stereocenters. The van der Waals surface area contributed by atoms with E-state index in [0.29, 0.717) is 0 Å². The number of carbonyl (C=O) groups excluding carboxylic acids is 1. The van der Waals surface area contributed by atoms with Crippen molar-refractivity contribution in [3.63, 3.8) is 0 Å². The summed E-state index contributed by atoms with van der Waals surface area (Å²) in [5, 5.41) is 9.87. The van der Waals surface area contributed by atoms with Gasteiger partial charge >= 0.3 is 5.97 Å². The van der Waals surface area contributed by atoms with Gasteiger partial charge in [0.05, 0.1) is 23.4 Å². The second-order valence-corrected chi connectivity index (χ2v) is 17.0. The first-order valence-corrected chi connectivity index (χ1v) is 21.1. The molecule has 5 heteroatoms. The van der Waals surface area contributed by atoms with Crippen LogP contribution in [0.3, 0.4) is 0 Å². The number of anilines is 3. The highest BCUT2D eigenvalue weighted by Crippen LogP contribution is 2.39. The van der Waals surface area contributed by atoms with Crippen molar-refractivity contribution in [3.8, 4) is 0 Å². The minimum Gasteiger partial charge on any atom is -0.460 e. The lowest BCUT2D eigenvalue weighted by molar-refractivity contribution is -0.157. The van der Waals surface area contributed by atoms with Gasteiger partial charge in [-0.2, -0.15) is 0 Å². The molecular formula is C53H59N3O2. The first kappa shape index (κ1) is 40.5. The topological polar surface area (TPSA) is 62.7 Å². The highest BCUT2D eigenvalue weighted by Gasteiger charge is 2.31. The Morgan fingerprint density at radius 3 is 1.95 bits per heavy atom. The zero-order valence-electron chi connectivity index (χ0n) is 35.8. The molecule has 298 valence electrons. The molecule has 0 radical (unpaired) electrons. The van der Waals surface area contributed by atoms with E-state index >= 15 is 0 Å². The van der Waals surface area contributed by atoms with Crippen molar-refractivity contribution in [2.75, 3.05) is 10.6 Å². The molecule has 58 heavy (non-hydrogen) atoms. The van der Waals surface area contributed by atoms with E-state index in [1.54, 1.807) is 0 Å². The van der Waals surface area contributed by atoms with Crippen LogP contribution in [0.4, 0.5) is 22.7 Å². The van der Waals surface area contributed by atoms with Crippen LogP contribution in [0.5, 0.6) is 0 Å². The van der Waals surface area contributed by atoms with Crippen molar-refractivity contribution in [1.82, 2.24) is 0 Å². The maximum absolute atomic E-state index is 13.1. The lowest BCUT2D eigenvalue weighted by Crippen LogP contribution is -2.41. The predicted octanol–water partition coefficient (Wildman–Crippen LogP) is 13.7. The Hall–Kier alpha value is -5.68. The summed E-state index contributed by atoms with van der Waals surface area (Å²) in [6.45, 7) is 19.0. The molecule has 3 unspecified atom stereocenters. The monoisotopic (exact) mass is 769 g/mol. The summed E-state index contributed by atoms with van der Waals surface area (Å²) in [5.74, 6) is 0.0167. The average molecular weight is 770 g/mol. The first-order chi connectivity index (χ1) is 27.9. The van der Waals surface area contributed by atoms with Crippen LogP contribution in [0.1, 0.15) is 91.0 Å². The van der Waals surface area contributed by atoms with E-state index in [1.807, 2.05) is 6.92 Å². The first-order valence-electron chi connectivity index (χ1n) is 21.1. The minimum atomic E-state index is -0.154. The third kappa shape index (κ3) is 8.89. The number of rotatable bonds is 10. The fourth-order valence-corrected chi connectivity index (χ4v) is 8.67. The molecule has 5 aromatic carbocycles. The second kappa shape index (κ2) is 17.4. The largest absolute Gasteiger partial charge is 0.460 e. The maximum atomic E-state index is 13.1. The van der Waals surface area contributed by atoms with Gasteiger partial charge in [-0.05, 0) is 147 Å². The Labute approximate surface area is 346 Å². The van der Waals surface area contributed by atoms with E-state index in [2.05, 4.69) is 175 Å². The molecule has 2 aliphatic carbocycles. The summed E-state index contributed by atoms with van der Waals surface area (Å²) >= 11 is 0. The normalized spacial score (nSPS) is 17.1. The molecule has 0 spiro atoms. The molecule has 5 aromatic rings. The van der Waals surface area contributed by atoms with E-state index in [1.165, 1.54) is 33.4 Å². The van der Waals surface area contributed by atoms with Gasteiger partial charge in [-0.25, -0.2) is 4.99 Å². The number of aliphatic imine (C=N–C) groups is 1. The SMILES string of the molecule is Cc1cc(C)c(N=C2C=CC(=C(c3ccc(Nc4c(C)cc(C)cc4C)cc3)c3ccc(NC4CCCCC4OC(=O)C(C)C(C)C)c4ccccc34)C=C2)c(C)c1. The number of benzene rings is 5. The van der Waals surface area contributed by atoms with Gasteiger partial charge in [0, 0.05) is 22.4 Å². The zero-order chi connectivity index (χ0) is 41.1. The Bertz CT molecular complexity index is 2400. The highest BCUT2D eigenvalue weighted by atomic mass is 16.5. The van der Waals surface area contributed by atoms with Crippen molar-refractivity contribution < 1.29 is 9.53 Å². The van der Waals surface area contributed by atoms with E-state index in [-0.39, 0.29) is 30.0 Å². The molecule has 0 saturated heterocycles. The Morgan fingerprint density at radius 2 is 1.31 bits per heavy atom. The molecule has 0 heterocycles. The number of carbonyl (C=O) groups is 1. The van der Waals surface area contributed by atoms with Gasteiger partial charge in [0.15, 0.2) is 0 Å². The molecule has 2 aliphatic rings. The average Bonchev–Trinajstić information content (AvgIpc) is 3.20. The van der Waals surface area contributed by atoms with Crippen molar-refractivity contribution in [1.29, 1.82) is 0 Å². The molecular weight excluding hydrogens is 711 g/mol. The lowest BCUT2D eigenvalue weighted by atomic mass is 9.87. The Kier molecular flexibility index (Phi) is 12.2. The summed E-state index contributed by atoms with van der Waals surface area (Å²) in [5.41, 5.74) is 17.1. The number of nitrogens with one attached hydrogen (secondary N) is 2. The number of fused-ring (bicyclic) bond motifs is 1. The molecule has 1 fully saturated rings. The number of allylic oxidation sites excluding steroid dienone is 5. The van der Waals surface area contributed by atoms with Gasteiger partial charge < -0.3 is 15.4 Å². The lowest BCUT2D eigenvalue weighted by Gasteiger charge is -2.34. The summed E-state index contributed by atoms with van der Waals surface area (Å²) < 4.78 is 6.20. The van der Waals surface area contributed by atoms with Crippen LogP contribution >= 0.6 is 0 Å². The van der Waals surface area contributed by atoms with Crippen LogP contribution in [-0.4, -0.2) is 23.8 Å². The smallest absolute Gasteiger partial charge is 0.309 e.